The number of amides is 1. The number of carboxylic acid groups (broad SMARTS) is 1. The van der Waals surface area contributed by atoms with E-state index in [-0.39, 0.29) is 5.28 Å². The quantitative estimate of drug-likeness (QED) is 0.818. The van der Waals surface area contributed by atoms with E-state index in [4.69, 9.17) is 16.7 Å². The number of hydrogen-bond acceptors (Lipinski definition) is 4. The lowest BCUT2D eigenvalue weighted by Gasteiger charge is -2.18. The molecule has 20 heavy (non-hydrogen) atoms. The van der Waals surface area contributed by atoms with Crippen LogP contribution >= 0.6 is 11.6 Å². The van der Waals surface area contributed by atoms with Crippen molar-refractivity contribution in [1.29, 1.82) is 0 Å². The van der Waals surface area contributed by atoms with Gasteiger partial charge in [-0.15, -0.1) is 0 Å². The van der Waals surface area contributed by atoms with Crippen LogP contribution < -0.4 is 5.32 Å². The average Bonchev–Trinajstić information content (AvgIpc) is 2.91. The molecule has 2 fully saturated rings. The summed E-state index contributed by atoms with van der Waals surface area (Å²) in [5, 5.41) is 12.7. The molecule has 3 rings (SSSR count). The number of nitrogens with one attached hydrogen (secondary N) is 1. The van der Waals surface area contributed by atoms with Gasteiger partial charge in [0.1, 0.15) is 5.82 Å². The van der Waals surface area contributed by atoms with Crippen molar-refractivity contribution in [3.63, 3.8) is 0 Å². The van der Waals surface area contributed by atoms with Crippen LogP contribution in [0.5, 0.6) is 0 Å². The highest BCUT2D eigenvalue weighted by Gasteiger charge is 2.42. The Kier molecular flexibility index (Phi) is 3.41. The van der Waals surface area contributed by atoms with Crippen LogP contribution in [0, 0.1) is 18.8 Å². The van der Waals surface area contributed by atoms with Crippen molar-refractivity contribution >= 4 is 23.5 Å². The summed E-state index contributed by atoms with van der Waals surface area (Å²) in [6, 6.07) is 0.339. The molecule has 2 aliphatic rings. The van der Waals surface area contributed by atoms with Gasteiger partial charge < -0.3 is 15.3 Å². The summed E-state index contributed by atoms with van der Waals surface area (Å²) in [4.78, 5) is 20.6. The molecule has 7 heteroatoms. The van der Waals surface area contributed by atoms with E-state index < -0.39 is 6.09 Å². The zero-order chi connectivity index (χ0) is 14.3. The Morgan fingerprint density at radius 3 is 2.70 bits per heavy atom. The summed E-state index contributed by atoms with van der Waals surface area (Å²) in [6.45, 7) is 3.25. The number of carbonyl (C=O) groups is 1. The molecule has 0 spiro atoms. The van der Waals surface area contributed by atoms with Gasteiger partial charge in [-0.05, 0) is 43.2 Å². The molecule has 1 aromatic heterocycles. The maximum atomic E-state index is 11.0. The maximum Gasteiger partial charge on any atom is 0.407 e. The summed E-state index contributed by atoms with van der Waals surface area (Å²) in [5.74, 6) is 1.70. The lowest BCUT2D eigenvalue weighted by atomic mass is 10.0. The number of fused-ring (bicyclic) bond motifs is 1. The van der Waals surface area contributed by atoms with E-state index in [2.05, 4.69) is 15.3 Å². The number of rotatable bonds is 2. The van der Waals surface area contributed by atoms with Crippen LogP contribution in [0.3, 0.4) is 0 Å². The molecule has 0 radical (unpaired) electrons. The summed E-state index contributed by atoms with van der Waals surface area (Å²) in [5.41, 5.74) is 0.971. The Balaban J connectivity index is 1.63. The van der Waals surface area contributed by atoms with E-state index in [1.165, 1.54) is 4.90 Å². The molecule has 1 aliphatic heterocycles. The highest BCUT2D eigenvalue weighted by Crippen LogP contribution is 2.39. The Bertz CT molecular complexity index is 525. The minimum atomic E-state index is -0.803. The molecular formula is C13H17ClN4O2. The van der Waals surface area contributed by atoms with Crippen LogP contribution in [0.1, 0.15) is 18.4 Å². The van der Waals surface area contributed by atoms with Gasteiger partial charge in [0, 0.05) is 30.9 Å². The van der Waals surface area contributed by atoms with Crippen molar-refractivity contribution in [2.75, 3.05) is 18.4 Å². The first-order valence-corrected chi connectivity index (χ1v) is 7.14. The van der Waals surface area contributed by atoms with Crippen LogP contribution in [-0.4, -0.2) is 45.2 Å². The molecule has 1 amide bonds. The highest BCUT2D eigenvalue weighted by molar-refractivity contribution is 6.28. The minimum Gasteiger partial charge on any atom is -0.465 e. The molecule has 1 aromatic rings. The molecule has 6 nitrogen and oxygen atoms in total. The molecule has 108 valence electrons. The molecule has 2 atom stereocenters. The lowest BCUT2D eigenvalue weighted by Crippen LogP contribution is -2.29. The molecule has 1 saturated carbocycles. The van der Waals surface area contributed by atoms with Crippen LogP contribution in [0.4, 0.5) is 10.6 Å². The smallest absolute Gasteiger partial charge is 0.407 e. The van der Waals surface area contributed by atoms with Gasteiger partial charge in [0.05, 0.1) is 0 Å². The van der Waals surface area contributed by atoms with Crippen molar-refractivity contribution in [3.8, 4) is 0 Å². The molecule has 0 aromatic carbocycles. The molecule has 1 aliphatic carbocycles. The Morgan fingerprint density at radius 2 is 2.10 bits per heavy atom. The monoisotopic (exact) mass is 296 g/mol. The van der Waals surface area contributed by atoms with E-state index >= 15 is 0 Å². The summed E-state index contributed by atoms with van der Waals surface area (Å²) in [7, 11) is 0. The van der Waals surface area contributed by atoms with Gasteiger partial charge in [-0.2, -0.15) is 0 Å². The molecule has 2 heterocycles. The fourth-order valence-electron chi connectivity index (χ4n) is 3.33. The van der Waals surface area contributed by atoms with Crippen LogP contribution in [0.15, 0.2) is 6.20 Å². The van der Waals surface area contributed by atoms with Gasteiger partial charge in [-0.3, -0.25) is 0 Å². The van der Waals surface area contributed by atoms with E-state index in [1.54, 1.807) is 6.20 Å². The SMILES string of the molecule is Cc1cnc(Cl)nc1NC1CC2CN(C(=O)O)CC2C1. The third-order valence-corrected chi connectivity index (χ3v) is 4.49. The second kappa shape index (κ2) is 5.09. The number of aromatic nitrogens is 2. The van der Waals surface area contributed by atoms with E-state index in [0.29, 0.717) is 31.0 Å². The maximum absolute atomic E-state index is 11.0. The normalized spacial score (nSPS) is 28.5. The van der Waals surface area contributed by atoms with E-state index in [0.717, 1.165) is 24.2 Å². The number of halogens is 1. The molecule has 0 bridgehead atoms. The number of aryl methyl sites for hydroxylation is 1. The lowest BCUT2D eigenvalue weighted by molar-refractivity contribution is 0.152. The zero-order valence-electron chi connectivity index (χ0n) is 11.2. The fraction of sp³-hybridized carbons (Fsp3) is 0.615. The van der Waals surface area contributed by atoms with Gasteiger partial charge >= 0.3 is 6.09 Å². The van der Waals surface area contributed by atoms with Gasteiger partial charge in [0.2, 0.25) is 5.28 Å². The summed E-state index contributed by atoms with van der Waals surface area (Å²) in [6.07, 6.45) is 2.87. The fourth-order valence-corrected chi connectivity index (χ4v) is 3.47. The molecule has 2 unspecified atom stereocenters. The first-order chi connectivity index (χ1) is 9.52. The Labute approximate surface area is 122 Å². The highest BCUT2D eigenvalue weighted by atomic mass is 35.5. The topological polar surface area (TPSA) is 78.4 Å². The van der Waals surface area contributed by atoms with Crippen LogP contribution in [-0.2, 0) is 0 Å². The third kappa shape index (κ3) is 2.52. The van der Waals surface area contributed by atoms with Crippen molar-refractivity contribution in [2.24, 2.45) is 11.8 Å². The standard InChI is InChI=1S/C13H17ClN4O2/c1-7-4-15-12(14)17-11(7)16-10-2-8-5-18(13(19)20)6-9(8)3-10/h4,8-10H,2-3,5-6H2,1H3,(H,19,20)(H,15,16,17). The zero-order valence-corrected chi connectivity index (χ0v) is 12.0. The number of hydrogen-bond donors (Lipinski definition) is 2. The summed E-state index contributed by atoms with van der Waals surface area (Å²) < 4.78 is 0. The van der Waals surface area contributed by atoms with Gasteiger partial charge in [0.15, 0.2) is 0 Å². The van der Waals surface area contributed by atoms with Crippen molar-refractivity contribution in [3.05, 3.63) is 17.0 Å². The molecular weight excluding hydrogens is 280 g/mol. The van der Waals surface area contributed by atoms with Gasteiger partial charge in [-0.25, -0.2) is 14.8 Å². The number of nitrogens with zero attached hydrogens (tertiary/aromatic N) is 3. The van der Waals surface area contributed by atoms with E-state index in [1.807, 2.05) is 6.92 Å². The first-order valence-electron chi connectivity index (χ1n) is 6.76. The Hall–Kier alpha value is -1.56. The second-order valence-electron chi connectivity index (χ2n) is 5.69. The predicted molar refractivity (Wildman–Crippen MR) is 75.0 cm³/mol. The minimum absolute atomic E-state index is 0.244. The van der Waals surface area contributed by atoms with Crippen LogP contribution in [0.2, 0.25) is 5.28 Å². The number of likely N-dealkylation sites (tertiary alicyclic amines) is 1. The molecule has 2 N–H and O–H groups in total. The summed E-state index contributed by atoms with van der Waals surface area (Å²) >= 11 is 5.82. The second-order valence-corrected chi connectivity index (χ2v) is 6.03. The van der Waals surface area contributed by atoms with Gasteiger partial charge in [-0.1, -0.05) is 0 Å². The predicted octanol–water partition coefficient (Wildman–Crippen LogP) is 2.24. The molecule has 1 saturated heterocycles. The largest absolute Gasteiger partial charge is 0.465 e. The van der Waals surface area contributed by atoms with E-state index in [9.17, 15) is 4.79 Å². The first kappa shape index (κ1) is 13.4. The number of anilines is 1. The average molecular weight is 297 g/mol. The van der Waals surface area contributed by atoms with Crippen molar-refractivity contribution in [1.82, 2.24) is 14.9 Å². The third-order valence-electron chi connectivity index (χ3n) is 4.30. The Morgan fingerprint density at radius 1 is 1.45 bits per heavy atom. The van der Waals surface area contributed by atoms with Crippen molar-refractivity contribution < 1.29 is 9.90 Å². The van der Waals surface area contributed by atoms with Crippen LogP contribution in [0.25, 0.3) is 0 Å². The van der Waals surface area contributed by atoms with Gasteiger partial charge in [0.25, 0.3) is 0 Å². The van der Waals surface area contributed by atoms with Crippen molar-refractivity contribution in [2.45, 2.75) is 25.8 Å².